The summed E-state index contributed by atoms with van der Waals surface area (Å²) in [6, 6.07) is 20.0. The third-order valence-electron chi connectivity index (χ3n) is 6.03. The smallest absolute Gasteiger partial charge is 0.337 e. The quantitative estimate of drug-likeness (QED) is 0.424. The molecule has 0 unspecified atom stereocenters. The number of hydrogen-bond donors (Lipinski definition) is 2. The minimum Gasteiger partial charge on any atom is -0.465 e. The van der Waals surface area contributed by atoms with E-state index < -0.39 is 12.0 Å². The predicted molar refractivity (Wildman–Crippen MR) is 124 cm³/mol. The minimum atomic E-state index is -0.619. The van der Waals surface area contributed by atoms with Crippen LogP contribution in [0.5, 0.6) is 0 Å². The van der Waals surface area contributed by atoms with Crippen molar-refractivity contribution in [3.63, 3.8) is 0 Å². The number of para-hydroxylation sites is 1. The Morgan fingerprint density at radius 1 is 1.06 bits per heavy atom. The first-order valence-corrected chi connectivity index (χ1v) is 10.7. The van der Waals surface area contributed by atoms with Gasteiger partial charge in [-0.25, -0.2) is 14.0 Å². The molecule has 1 aromatic heterocycles. The zero-order valence-electron chi connectivity index (χ0n) is 18.0. The van der Waals surface area contributed by atoms with Crippen molar-refractivity contribution in [2.45, 2.75) is 12.5 Å². The predicted octanol–water partition coefficient (Wildman–Crippen LogP) is 5.27. The molecular formula is C26H22FN3O3. The van der Waals surface area contributed by atoms with E-state index in [1.54, 1.807) is 47.4 Å². The van der Waals surface area contributed by atoms with Gasteiger partial charge in [0.15, 0.2) is 0 Å². The van der Waals surface area contributed by atoms with E-state index in [0.717, 1.165) is 22.2 Å². The second kappa shape index (κ2) is 8.43. The van der Waals surface area contributed by atoms with Crippen molar-refractivity contribution in [1.82, 2.24) is 9.88 Å². The van der Waals surface area contributed by atoms with Gasteiger partial charge in [0, 0.05) is 34.4 Å². The van der Waals surface area contributed by atoms with Crippen molar-refractivity contribution >= 4 is 28.6 Å². The number of aromatic amines is 1. The fraction of sp³-hybridized carbons (Fsp3) is 0.154. The van der Waals surface area contributed by atoms with Gasteiger partial charge in [0.05, 0.1) is 12.7 Å². The molecule has 1 aliphatic rings. The molecule has 0 aliphatic carbocycles. The highest BCUT2D eigenvalue weighted by Crippen LogP contribution is 2.39. The van der Waals surface area contributed by atoms with Crippen LogP contribution in [0.4, 0.5) is 14.9 Å². The molecule has 0 fully saturated rings. The summed E-state index contributed by atoms with van der Waals surface area (Å²) >= 11 is 0. The molecule has 3 aromatic carbocycles. The summed E-state index contributed by atoms with van der Waals surface area (Å²) in [5.74, 6) is -0.865. The SMILES string of the molecule is COC(=O)c1cccc(NC(=O)N2CCc3c([nH]c4ccccc34)[C@H]2c2ccccc2F)c1. The number of hydrogen-bond acceptors (Lipinski definition) is 3. The highest BCUT2D eigenvalue weighted by Gasteiger charge is 2.36. The van der Waals surface area contributed by atoms with Gasteiger partial charge in [-0.05, 0) is 42.3 Å². The monoisotopic (exact) mass is 443 g/mol. The Balaban J connectivity index is 1.54. The van der Waals surface area contributed by atoms with Crippen LogP contribution in [0.25, 0.3) is 10.9 Å². The van der Waals surface area contributed by atoms with Crippen LogP contribution in [0, 0.1) is 5.82 Å². The second-order valence-corrected chi connectivity index (χ2v) is 7.93. The van der Waals surface area contributed by atoms with E-state index in [-0.39, 0.29) is 11.8 Å². The van der Waals surface area contributed by atoms with Gasteiger partial charge in [-0.1, -0.05) is 42.5 Å². The fourth-order valence-electron chi connectivity index (χ4n) is 4.52. The number of urea groups is 1. The Labute approximate surface area is 190 Å². The van der Waals surface area contributed by atoms with Crippen molar-refractivity contribution in [3.05, 3.63) is 101 Å². The Kier molecular flexibility index (Phi) is 5.30. The summed E-state index contributed by atoms with van der Waals surface area (Å²) in [7, 11) is 1.30. The number of benzene rings is 3. The number of rotatable bonds is 3. The van der Waals surface area contributed by atoms with Crippen LogP contribution in [-0.4, -0.2) is 35.5 Å². The number of carbonyl (C=O) groups is 2. The molecule has 166 valence electrons. The number of anilines is 1. The summed E-state index contributed by atoms with van der Waals surface area (Å²) in [5.41, 5.74) is 4.07. The van der Waals surface area contributed by atoms with Gasteiger partial charge in [-0.15, -0.1) is 0 Å². The summed E-state index contributed by atoms with van der Waals surface area (Å²) in [6.45, 7) is 0.413. The van der Waals surface area contributed by atoms with Crippen LogP contribution in [0.1, 0.15) is 33.2 Å². The number of halogens is 1. The van der Waals surface area contributed by atoms with Gasteiger partial charge in [0.1, 0.15) is 11.9 Å². The molecule has 0 radical (unpaired) electrons. The van der Waals surface area contributed by atoms with Crippen LogP contribution < -0.4 is 5.32 Å². The number of esters is 1. The molecule has 0 saturated heterocycles. The van der Waals surface area contributed by atoms with Crippen molar-refractivity contribution in [2.75, 3.05) is 19.0 Å². The van der Waals surface area contributed by atoms with Crippen molar-refractivity contribution < 1.29 is 18.7 Å². The number of amides is 2. The highest BCUT2D eigenvalue weighted by molar-refractivity contribution is 5.94. The summed E-state index contributed by atoms with van der Waals surface area (Å²) < 4.78 is 19.7. The standard InChI is InChI=1S/C26H22FN3O3/c1-33-25(31)16-7-6-8-17(15-16)28-26(32)30-14-13-19-18-9-3-5-12-22(18)29-23(19)24(30)20-10-2-4-11-21(20)27/h2-12,15,24,29H,13-14H2,1H3,(H,28,32)/t24-/m1/s1. The van der Waals surface area contributed by atoms with Crippen LogP contribution in [0.2, 0.25) is 0 Å². The lowest BCUT2D eigenvalue weighted by molar-refractivity contribution is 0.0600. The number of fused-ring (bicyclic) bond motifs is 3. The molecule has 1 atom stereocenters. The number of nitrogens with zero attached hydrogens (tertiary/aromatic N) is 1. The Morgan fingerprint density at radius 3 is 2.67 bits per heavy atom. The molecular weight excluding hydrogens is 421 g/mol. The summed E-state index contributed by atoms with van der Waals surface area (Å²) in [5, 5.41) is 3.94. The third kappa shape index (κ3) is 3.71. The van der Waals surface area contributed by atoms with E-state index in [1.165, 1.54) is 13.2 Å². The number of nitrogens with one attached hydrogen (secondary N) is 2. The van der Waals surface area contributed by atoms with Gasteiger partial charge in [-0.2, -0.15) is 0 Å². The first-order valence-electron chi connectivity index (χ1n) is 10.7. The average Bonchev–Trinajstić information content (AvgIpc) is 3.22. The number of methoxy groups -OCH3 is 1. The molecule has 0 bridgehead atoms. The molecule has 4 aromatic rings. The highest BCUT2D eigenvalue weighted by atomic mass is 19.1. The van der Waals surface area contributed by atoms with E-state index in [1.807, 2.05) is 24.3 Å². The molecule has 0 spiro atoms. The van der Waals surface area contributed by atoms with Crippen molar-refractivity contribution in [2.24, 2.45) is 0 Å². The maximum atomic E-state index is 14.9. The van der Waals surface area contributed by atoms with E-state index in [2.05, 4.69) is 10.3 Å². The largest absolute Gasteiger partial charge is 0.465 e. The molecule has 0 saturated carbocycles. The lowest BCUT2D eigenvalue weighted by atomic mass is 9.92. The molecule has 33 heavy (non-hydrogen) atoms. The Hall–Kier alpha value is -4.13. The van der Waals surface area contributed by atoms with E-state index in [4.69, 9.17) is 4.74 Å². The minimum absolute atomic E-state index is 0.331. The molecule has 5 rings (SSSR count). The number of aromatic nitrogens is 1. The first kappa shape index (κ1) is 20.8. The van der Waals surface area contributed by atoms with Gasteiger partial charge in [0.2, 0.25) is 0 Å². The summed E-state index contributed by atoms with van der Waals surface area (Å²) in [4.78, 5) is 30.3. The van der Waals surface area contributed by atoms with Crippen LogP contribution in [-0.2, 0) is 11.2 Å². The maximum Gasteiger partial charge on any atom is 0.337 e. The van der Waals surface area contributed by atoms with Gasteiger partial charge in [-0.3, -0.25) is 0 Å². The second-order valence-electron chi connectivity index (χ2n) is 7.93. The van der Waals surface area contributed by atoms with Crippen LogP contribution in [0.3, 0.4) is 0 Å². The number of carbonyl (C=O) groups excluding carboxylic acids is 2. The van der Waals surface area contributed by atoms with E-state index >= 15 is 0 Å². The van der Waals surface area contributed by atoms with E-state index in [0.29, 0.717) is 29.8 Å². The first-order chi connectivity index (χ1) is 16.1. The Bertz CT molecular complexity index is 1360. The maximum absolute atomic E-state index is 14.9. The van der Waals surface area contributed by atoms with E-state index in [9.17, 15) is 14.0 Å². The van der Waals surface area contributed by atoms with Gasteiger partial charge >= 0.3 is 12.0 Å². The molecule has 6 nitrogen and oxygen atoms in total. The molecule has 2 amide bonds. The molecule has 2 N–H and O–H groups in total. The number of H-pyrrole nitrogens is 1. The van der Waals surface area contributed by atoms with Crippen molar-refractivity contribution in [3.8, 4) is 0 Å². The lowest BCUT2D eigenvalue weighted by Gasteiger charge is -2.36. The Morgan fingerprint density at radius 2 is 1.85 bits per heavy atom. The van der Waals surface area contributed by atoms with Crippen LogP contribution >= 0.6 is 0 Å². The zero-order chi connectivity index (χ0) is 22.9. The zero-order valence-corrected chi connectivity index (χ0v) is 18.0. The fourth-order valence-corrected chi connectivity index (χ4v) is 4.52. The third-order valence-corrected chi connectivity index (χ3v) is 6.03. The normalized spacial score (nSPS) is 15.2. The molecule has 7 heteroatoms. The van der Waals surface area contributed by atoms with Crippen LogP contribution in [0.15, 0.2) is 72.8 Å². The number of ether oxygens (including phenoxy) is 1. The molecule has 1 aliphatic heterocycles. The van der Waals surface area contributed by atoms with Gasteiger partial charge in [0.25, 0.3) is 0 Å². The average molecular weight is 443 g/mol. The van der Waals surface area contributed by atoms with Gasteiger partial charge < -0.3 is 19.9 Å². The summed E-state index contributed by atoms with van der Waals surface area (Å²) in [6.07, 6.45) is 0.639. The van der Waals surface area contributed by atoms with Crippen molar-refractivity contribution in [1.29, 1.82) is 0 Å². The molecule has 2 heterocycles. The lowest BCUT2D eigenvalue weighted by Crippen LogP contribution is -2.43. The topological polar surface area (TPSA) is 74.4 Å².